The molecule has 37 heavy (non-hydrogen) atoms. The summed E-state index contributed by atoms with van der Waals surface area (Å²) in [5.41, 5.74) is 5.59. The molecule has 0 unspecified atom stereocenters. The van der Waals surface area contributed by atoms with E-state index in [1.54, 1.807) is 12.4 Å². The van der Waals surface area contributed by atoms with Gasteiger partial charge in [0.1, 0.15) is 11.2 Å². The third-order valence-electron chi connectivity index (χ3n) is 6.74. The van der Waals surface area contributed by atoms with Gasteiger partial charge in [-0.15, -0.1) is 0 Å². The lowest BCUT2D eigenvalue weighted by Gasteiger charge is -2.38. The Morgan fingerprint density at radius 3 is 2.57 bits per heavy atom. The Morgan fingerprint density at radius 2 is 1.78 bits per heavy atom. The van der Waals surface area contributed by atoms with Crippen molar-refractivity contribution in [3.05, 3.63) is 101 Å². The van der Waals surface area contributed by atoms with Crippen LogP contribution in [0.2, 0.25) is 0 Å². The predicted octanol–water partition coefficient (Wildman–Crippen LogP) is 4.70. The number of fused-ring (bicyclic) bond motifs is 2. The second-order valence-corrected chi connectivity index (χ2v) is 10.1. The highest BCUT2D eigenvalue weighted by atomic mass is 16.1. The van der Waals surface area contributed by atoms with Crippen LogP contribution >= 0.6 is 0 Å². The van der Waals surface area contributed by atoms with E-state index < -0.39 is 0 Å². The molecule has 184 valence electrons. The van der Waals surface area contributed by atoms with E-state index in [0.717, 1.165) is 18.8 Å². The molecule has 0 bridgehead atoms. The number of nitrogens with one attached hydrogen (secondary N) is 1. The van der Waals surface area contributed by atoms with Gasteiger partial charge in [-0.3, -0.25) is 9.78 Å². The monoisotopic (exact) mass is 489 g/mol. The molecule has 1 N–H and O–H groups in total. The molecule has 0 aliphatic carbocycles. The van der Waals surface area contributed by atoms with Crippen molar-refractivity contribution in [1.82, 2.24) is 29.6 Å². The van der Waals surface area contributed by atoms with Gasteiger partial charge in [-0.2, -0.15) is 9.78 Å². The van der Waals surface area contributed by atoms with Gasteiger partial charge in [0.2, 0.25) is 5.95 Å². The van der Waals surface area contributed by atoms with E-state index in [1.165, 1.54) is 15.8 Å². The lowest BCUT2D eigenvalue weighted by atomic mass is 9.78. The van der Waals surface area contributed by atoms with Gasteiger partial charge in [-0.05, 0) is 54.6 Å². The zero-order valence-electron chi connectivity index (χ0n) is 21.0. The number of rotatable bonds is 4. The molecule has 0 saturated carbocycles. The summed E-state index contributed by atoms with van der Waals surface area (Å²) in [4.78, 5) is 29.5. The van der Waals surface area contributed by atoms with Crippen LogP contribution in [-0.2, 0) is 12.0 Å². The first-order chi connectivity index (χ1) is 17.9. The molecule has 0 amide bonds. The summed E-state index contributed by atoms with van der Waals surface area (Å²) in [5.74, 6) is 0.395. The Balaban J connectivity index is 1.46. The Kier molecular flexibility index (Phi) is 5.53. The Bertz CT molecular complexity index is 1660. The third kappa shape index (κ3) is 4.25. The van der Waals surface area contributed by atoms with E-state index in [9.17, 15) is 4.79 Å². The highest BCUT2D eigenvalue weighted by Gasteiger charge is 2.30. The molecule has 1 aliphatic heterocycles. The molecule has 8 nitrogen and oxygen atoms in total. The lowest BCUT2D eigenvalue weighted by Crippen LogP contribution is -2.39. The van der Waals surface area contributed by atoms with E-state index in [2.05, 4.69) is 64.4 Å². The van der Waals surface area contributed by atoms with Crippen LogP contribution < -0.4 is 10.9 Å². The van der Waals surface area contributed by atoms with Crippen LogP contribution in [0.15, 0.2) is 83.9 Å². The van der Waals surface area contributed by atoms with Crippen molar-refractivity contribution < 1.29 is 0 Å². The van der Waals surface area contributed by atoms with Crippen molar-refractivity contribution in [2.75, 3.05) is 18.9 Å². The van der Waals surface area contributed by atoms with Gasteiger partial charge in [-0.1, -0.05) is 44.2 Å². The maximum Gasteiger partial charge on any atom is 0.282 e. The minimum absolute atomic E-state index is 0.0855. The third-order valence-corrected chi connectivity index (χ3v) is 6.74. The molecule has 4 heterocycles. The standard InChI is InChI=1S/C29H27N7O/c1-29(2)18-35(3)17-19-15-20(12-13-23(19)29)32-28-31-16-22-25(33-28)26(24-11-7-8-14-30-24)34-36(27(22)37)21-9-5-4-6-10-21/h4-16H,17-18H2,1-3H3,(H,31,32,33). The van der Waals surface area contributed by atoms with Gasteiger partial charge in [0.25, 0.3) is 5.56 Å². The number of hydrogen-bond donors (Lipinski definition) is 1. The van der Waals surface area contributed by atoms with E-state index in [4.69, 9.17) is 4.98 Å². The van der Waals surface area contributed by atoms with Crippen molar-refractivity contribution in [1.29, 1.82) is 0 Å². The minimum atomic E-state index is -0.286. The first-order valence-electron chi connectivity index (χ1n) is 12.2. The van der Waals surface area contributed by atoms with Crippen molar-refractivity contribution in [2.24, 2.45) is 0 Å². The van der Waals surface area contributed by atoms with Crippen molar-refractivity contribution in [3.63, 3.8) is 0 Å². The van der Waals surface area contributed by atoms with Crippen LogP contribution in [0.3, 0.4) is 0 Å². The van der Waals surface area contributed by atoms with Gasteiger partial charge in [0, 0.05) is 36.6 Å². The highest BCUT2D eigenvalue weighted by molar-refractivity contribution is 5.90. The van der Waals surface area contributed by atoms with Crippen molar-refractivity contribution in [2.45, 2.75) is 25.8 Å². The number of nitrogens with zero attached hydrogens (tertiary/aromatic N) is 6. The molecule has 0 atom stereocenters. The van der Waals surface area contributed by atoms with Crippen molar-refractivity contribution >= 4 is 22.5 Å². The molecule has 6 rings (SSSR count). The number of anilines is 2. The van der Waals surface area contributed by atoms with E-state index in [-0.39, 0.29) is 11.0 Å². The fourth-order valence-electron chi connectivity index (χ4n) is 5.20. The van der Waals surface area contributed by atoms with Gasteiger partial charge in [-0.25, -0.2) is 9.97 Å². The van der Waals surface area contributed by atoms with Gasteiger partial charge < -0.3 is 10.2 Å². The number of benzene rings is 2. The molecular weight excluding hydrogens is 462 g/mol. The topological polar surface area (TPSA) is 88.8 Å². The Labute approximate surface area is 214 Å². The normalized spacial score (nSPS) is 14.9. The molecule has 0 fully saturated rings. The predicted molar refractivity (Wildman–Crippen MR) is 145 cm³/mol. The number of para-hydroxylation sites is 1. The Morgan fingerprint density at radius 1 is 0.973 bits per heavy atom. The maximum atomic E-state index is 13.4. The Hall–Kier alpha value is -4.43. The minimum Gasteiger partial charge on any atom is -0.324 e. The molecule has 0 radical (unpaired) electrons. The van der Waals surface area contributed by atoms with Gasteiger partial charge >= 0.3 is 0 Å². The zero-order chi connectivity index (χ0) is 25.6. The summed E-state index contributed by atoms with van der Waals surface area (Å²) < 4.78 is 1.38. The molecule has 0 spiro atoms. The summed E-state index contributed by atoms with van der Waals surface area (Å²) in [6, 6.07) is 21.3. The van der Waals surface area contributed by atoms with E-state index >= 15 is 0 Å². The number of aromatic nitrogens is 5. The SMILES string of the molecule is CN1Cc2cc(Nc3ncc4c(=O)n(-c5ccccc5)nc(-c5ccccn5)c4n3)ccc2C(C)(C)C1. The van der Waals surface area contributed by atoms with Crippen LogP contribution in [0.1, 0.15) is 25.0 Å². The lowest BCUT2D eigenvalue weighted by molar-refractivity contribution is 0.236. The van der Waals surface area contributed by atoms with E-state index in [0.29, 0.717) is 33.9 Å². The van der Waals surface area contributed by atoms with Crippen LogP contribution in [-0.4, -0.2) is 43.2 Å². The number of likely N-dealkylation sites (N-methyl/N-ethyl adjacent to an activating group) is 1. The zero-order valence-corrected chi connectivity index (χ0v) is 21.0. The first-order valence-corrected chi connectivity index (χ1v) is 12.2. The summed E-state index contributed by atoms with van der Waals surface area (Å²) >= 11 is 0. The molecule has 3 aromatic heterocycles. The highest BCUT2D eigenvalue weighted by Crippen LogP contribution is 2.34. The molecule has 0 saturated heterocycles. The van der Waals surface area contributed by atoms with Gasteiger partial charge in [0.05, 0.1) is 16.8 Å². The number of pyridine rings is 1. The smallest absolute Gasteiger partial charge is 0.282 e. The second-order valence-electron chi connectivity index (χ2n) is 10.1. The summed E-state index contributed by atoms with van der Waals surface area (Å²) in [6.45, 7) is 6.45. The molecule has 1 aliphatic rings. The largest absolute Gasteiger partial charge is 0.324 e. The average Bonchev–Trinajstić information content (AvgIpc) is 2.89. The van der Waals surface area contributed by atoms with E-state index in [1.807, 2.05) is 48.5 Å². The maximum absolute atomic E-state index is 13.4. The quantitative estimate of drug-likeness (QED) is 0.391. The molecular formula is C29H27N7O. The van der Waals surface area contributed by atoms with Crippen molar-refractivity contribution in [3.8, 4) is 17.1 Å². The second kappa shape index (κ2) is 8.90. The average molecular weight is 490 g/mol. The number of hydrogen-bond acceptors (Lipinski definition) is 7. The molecule has 2 aromatic carbocycles. The molecule has 5 aromatic rings. The fraction of sp³-hybridized carbons (Fsp3) is 0.207. The summed E-state index contributed by atoms with van der Waals surface area (Å²) in [5, 5.41) is 8.40. The van der Waals surface area contributed by atoms with Gasteiger partial charge in [0.15, 0.2) is 0 Å². The molecule has 8 heteroatoms. The van der Waals surface area contributed by atoms with Crippen LogP contribution in [0.25, 0.3) is 28.0 Å². The van der Waals surface area contributed by atoms with Crippen LogP contribution in [0.4, 0.5) is 11.6 Å². The van der Waals surface area contributed by atoms with Crippen LogP contribution in [0.5, 0.6) is 0 Å². The van der Waals surface area contributed by atoms with Crippen LogP contribution in [0, 0.1) is 0 Å². The fourth-order valence-corrected chi connectivity index (χ4v) is 5.20. The summed E-state index contributed by atoms with van der Waals surface area (Å²) in [7, 11) is 2.14. The summed E-state index contributed by atoms with van der Waals surface area (Å²) in [6.07, 6.45) is 3.27. The first kappa shape index (κ1) is 23.0.